The normalized spacial score (nSPS) is 21.7. The quantitative estimate of drug-likeness (QED) is 0.700. The lowest BCUT2D eigenvalue weighted by Crippen LogP contribution is -2.42. The molecular weight excluding hydrogens is 212 g/mol. The van der Waals surface area contributed by atoms with Crippen LogP contribution in [0.5, 0.6) is 0 Å². The molecule has 3 nitrogen and oxygen atoms in total. The maximum atomic E-state index is 9.86. The van der Waals surface area contributed by atoms with Crippen molar-refractivity contribution < 1.29 is 5.11 Å². The van der Waals surface area contributed by atoms with Gasteiger partial charge in [-0.1, -0.05) is 20.3 Å². The number of nitrogens with zero attached hydrogens (tertiary/aromatic N) is 1. The molecule has 0 radical (unpaired) electrons. The highest BCUT2D eigenvalue weighted by Gasteiger charge is 2.26. The molecule has 102 valence electrons. The molecule has 1 saturated heterocycles. The van der Waals surface area contributed by atoms with Gasteiger partial charge < -0.3 is 15.7 Å². The maximum absolute atomic E-state index is 9.86. The van der Waals surface area contributed by atoms with Crippen molar-refractivity contribution in [1.29, 1.82) is 0 Å². The van der Waals surface area contributed by atoms with Gasteiger partial charge in [0.2, 0.25) is 0 Å². The van der Waals surface area contributed by atoms with E-state index in [1.165, 1.54) is 25.8 Å². The highest BCUT2D eigenvalue weighted by atomic mass is 16.3. The Morgan fingerprint density at radius 2 is 1.82 bits per heavy atom. The third-order valence-corrected chi connectivity index (χ3v) is 4.06. The molecule has 0 bridgehead atoms. The Morgan fingerprint density at radius 3 is 2.35 bits per heavy atom. The standard InChI is InChI=1S/C14H30N2O/c1-13(2,12-15)6-4-5-9-16-10-7-14(3,17)8-11-16/h17H,4-12,15H2,1-3H3. The van der Waals surface area contributed by atoms with Gasteiger partial charge in [0.1, 0.15) is 0 Å². The summed E-state index contributed by atoms with van der Waals surface area (Å²) in [7, 11) is 0. The molecule has 0 aromatic heterocycles. The summed E-state index contributed by atoms with van der Waals surface area (Å²) < 4.78 is 0. The number of hydrogen-bond donors (Lipinski definition) is 2. The number of unbranched alkanes of at least 4 members (excludes halogenated alkanes) is 1. The molecule has 0 atom stereocenters. The van der Waals surface area contributed by atoms with Crippen LogP contribution in [-0.2, 0) is 0 Å². The highest BCUT2D eigenvalue weighted by Crippen LogP contribution is 2.23. The molecule has 1 aliphatic heterocycles. The summed E-state index contributed by atoms with van der Waals surface area (Å²) in [6, 6.07) is 0. The van der Waals surface area contributed by atoms with E-state index in [1.807, 2.05) is 6.92 Å². The van der Waals surface area contributed by atoms with E-state index < -0.39 is 5.60 Å². The molecule has 1 aliphatic rings. The molecule has 0 aromatic rings. The Balaban J connectivity index is 2.08. The summed E-state index contributed by atoms with van der Waals surface area (Å²) >= 11 is 0. The number of nitrogens with two attached hydrogens (primary N) is 1. The SMILES string of the molecule is CC(C)(CN)CCCCN1CCC(C)(O)CC1. The van der Waals surface area contributed by atoms with Crippen LogP contribution in [0.4, 0.5) is 0 Å². The van der Waals surface area contributed by atoms with Gasteiger partial charge in [0.05, 0.1) is 5.60 Å². The first-order chi connectivity index (χ1) is 7.85. The molecule has 3 heteroatoms. The summed E-state index contributed by atoms with van der Waals surface area (Å²) in [4.78, 5) is 2.48. The van der Waals surface area contributed by atoms with Crippen LogP contribution in [0.3, 0.4) is 0 Å². The van der Waals surface area contributed by atoms with Crippen molar-refractivity contribution in [3.05, 3.63) is 0 Å². The van der Waals surface area contributed by atoms with Gasteiger partial charge in [-0.15, -0.1) is 0 Å². The van der Waals surface area contributed by atoms with Gasteiger partial charge >= 0.3 is 0 Å². The third-order valence-electron chi connectivity index (χ3n) is 4.06. The van der Waals surface area contributed by atoms with E-state index in [-0.39, 0.29) is 0 Å². The first-order valence-corrected chi connectivity index (χ1v) is 6.99. The van der Waals surface area contributed by atoms with Gasteiger partial charge in [-0.25, -0.2) is 0 Å². The number of aliphatic hydroxyl groups is 1. The maximum Gasteiger partial charge on any atom is 0.0644 e. The van der Waals surface area contributed by atoms with E-state index in [9.17, 15) is 5.11 Å². The molecule has 0 unspecified atom stereocenters. The Bertz CT molecular complexity index is 216. The number of rotatable bonds is 6. The summed E-state index contributed by atoms with van der Waals surface area (Å²) in [6.45, 7) is 10.5. The van der Waals surface area contributed by atoms with Gasteiger partial charge in [-0.2, -0.15) is 0 Å². The zero-order valence-corrected chi connectivity index (χ0v) is 11.8. The van der Waals surface area contributed by atoms with E-state index in [2.05, 4.69) is 18.7 Å². The van der Waals surface area contributed by atoms with Crippen molar-refractivity contribution in [3.63, 3.8) is 0 Å². The van der Waals surface area contributed by atoms with Crippen LogP contribution in [0, 0.1) is 5.41 Å². The van der Waals surface area contributed by atoms with Crippen LogP contribution in [0.15, 0.2) is 0 Å². The number of piperidine rings is 1. The first kappa shape index (κ1) is 14.9. The van der Waals surface area contributed by atoms with Crippen molar-refractivity contribution in [2.75, 3.05) is 26.2 Å². The van der Waals surface area contributed by atoms with E-state index in [4.69, 9.17) is 5.73 Å². The lowest BCUT2D eigenvalue weighted by atomic mass is 9.87. The fraction of sp³-hybridized carbons (Fsp3) is 1.00. The minimum absolute atomic E-state index is 0.297. The lowest BCUT2D eigenvalue weighted by Gasteiger charge is -2.35. The zero-order chi connectivity index (χ0) is 12.9. The Labute approximate surface area is 106 Å². The number of likely N-dealkylation sites (tertiary alicyclic amines) is 1. The third kappa shape index (κ3) is 5.84. The minimum Gasteiger partial charge on any atom is -0.390 e. The monoisotopic (exact) mass is 242 g/mol. The molecule has 0 amide bonds. The van der Waals surface area contributed by atoms with Crippen molar-refractivity contribution in [1.82, 2.24) is 4.90 Å². The Kier molecular flexibility index (Phi) is 5.42. The molecular formula is C14H30N2O. The van der Waals surface area contributed by atoms with Crippen molar-refractivity contribution in [2.45, 2.75) is 58.5 Å². The van der Waals surface area contributed by atoms with Gasteiger partial charge in [0.25, 0.3) is 0 Å². The molecule has 0 aliphatic carbocycles. The average Bonchev–Trinajstić information content (AvgIpc) is 2.26. The van der Waals surface area contributed by atoms with Gasteiger partial charge in [-0.05, 0) is 51.1 Å². The fourth-order valence-corrected chi connectivity index (χ4v) is 2.30. The van der Waals surface area contributed by atoms with E-state index in [1.54, 1.807) is 0 Å². The van der Waals surface area contributed by atoms with E-state index in [0.717, 1.165) is 32.5 Å². The average molecular weight is 242 g/mol. The number of hydrogen-bond acceptors (Lipinski definition) is 3. The van der Waals surface area contributed by atoms with Crippen LogP contribution in [0.2, 0.25) is 0 Å². The molecule has 0 saturated carbocycles. The molecule has 3 N–H and O–H groups in total. The van der Waals surface area contributed by atoms with E-state index >= 15 is 0 Å². The van der Waals surface area contributed by atoms with Crippen LogP contribution in [-0.4, -0.2) is 41.8 Å². The van der Waals surface area contributed by atoms with E-state index in [0.29, 0.717) is 5.41 Å². The van der Waals surface area contributed by atoms with Crippen molar-refractivity contribution in [2.24, 2.45) is 11.1 Å². The molecule has 0 aromatic carbocycles. The molecule has 1 rings (SSSR count). The van der Waals surface area contributed by atoms with Gasteiger partial charge in [-0.3, -0.25) is 0 Å². The van der Waals surface area contributed by atoms with Crippen LogP contribution in [0.1, 0.15) is 52.9 Å². The Hall–Kier alpha value is -0.120. The summed E-state index contributed by atoms with van der Waals surface area (Å²) in [6.07, 6.45) is 5.57. The van der Waals surface area contributed by atoms with Crippen LogP contribution >= 0.6 is 0 Å². The second-order valence-electron chi connectivity index (χ2n) is 6.66. The largest absolute Gasteiger partial charge is 0.390 e. The Morgan fingerprint density at radius 1 is 1.24 bits per heavy atom. The van der Waals surface area contributed by atoms with Gasteiger partial charge in [0.15, 0.2) is 0 Å². The summed E-state index contributed by atoms with van der Waals surface area (Å²) in [5.41, 5.74) is 5.60. The topological polar surface area (TPSA) is 49.5 Å². The second-order valence-corrected chi connectivity index (χ2v) is 6.66. The highest BCUT2D eigenvalue weighted by molar-refractivity contribution is 4.81. The van der Waals surface area contributed by atoms with Crippen molar-refractivity contribution >= 4 is 0 Å². The first-order valence-electron chi connectivity index (χ1n) is 6.99. The summed E-state index contributed by atoms with van der Waals surface area (Å²) in [5.74, 6) is 0. The lowest BCUT2D eigenvalue weighted by molar-refractivity contribution is -0.00564. The van der Waals surface area contributed by atoms with Gasteiger partial charge in [0, 0.05) is 13.1 Å². The van der Waals surface area contributed by atoms with Crippen molar-refractivity contribution in [3.8, 4) is 0 Å². The zero-order valence-electron chi connectivity index (χ0n) is 11.8. The molecule has 17 heavy (non-hydrogen) atoms. The van der Waals surface area contributed by atoms with Crippen LogP contribution < -0.4 is 5.73 Å². The molecule has 1 fully saturated rings. The molecule has 0 spiro atoms. The smallest absolute Gasteiger partial charge is 0.0644 e. The minimum atomic E-state index is -0.419. The predicted octanol–water partition coefficient (Wildman–Crippen LogP) is 1.99. The fourth-order valence-electron chi connectivity index (χ4n) is 2.30. The molecule has 1 heterocycles. The summed E-state index contributed by atoms with van der Waals surface area (Å²) in [5, 5.41) is 9.86. The second kappa shape index (κ2) is 6.17. The van der Waals surface area contributed by atoms with Crippen LogP contribution in [0.25, 0.3) is 0 Å². The predicted molar refractivity (Wildman–Crippen MR) is 73.0 cm³/mol.